The van der Waals surface area contributed by atoms with Crippen LogP contribution in [0.1, 0.15) is 6.42 Å². The molecule has 2 heterocycles. The van der Waals surface area contributed by atoms with Crippen LogP contribution in [0.4, 0.5) is 0 Å². The number of nitrogens with one attached hydrogen (secondary N) is 1. The van der Waals surface area contributed by atoms with Gasteiger partial charge in [0.2, 0.25) is 5.91 Å². The Morgan fingerprint density at radius 1 is 1.47 bits per heavy atom. The summed E-state index contributed by atoms with van der Waals surface area (Å²) in [5.74, 6) is 2.17. The molecule has 5 nitrogen and oxygen atoms in total. The van der Waals surface area contributed by atoms with Crippen molar-refractivity contribution < 1.29 is 13.2 Å². The molecule has 98 valence electrons. The van der Waals surface area contributed by atoms with Gasteiger partial charge in [-0.15, -0.1) is 0 Å². The lowest BCUT2D eigenvalue weighted by atomic mass is 10.2. The van der Waals surface area contributed by atoms with E-state index in [0.29, 0.717) is 6.42 Å². The number of hydrogen-bond acceptors (Lipinski definition) is 5. The molecule has 2 rings (SSSR count). The average molecular weight is 278 g/mol. The van der Waals surface area contributed by atoms with E-state index in [0.717, 1.165) is 18.1 Å². The third kappa shape index (κ3) is 3.14. The summed E-state index contributed by atoms with van der Waals surface area (Å²) in [6.07, 6.45) is 0.574. The van der Waals surface area contributed by atoms with Gasteiger partial charge in [0.1, 0.15) is 0 Å². The molecule has 17 heavy (non-hydrogen) atoms. The smallest absolute Gasteiger partial charge is 0.240 e. The molecule has 0 aromatic carbocycles. The molecule has 0 radical (unpaired) electrons. The van der Waals surface area contributed by atoms with Crippen LogP contribution in [0.15, 0.2) is 0 Å². The van der Waals surface area contributed by atoms with Crippen molar-refractivity contribution in [3.63, 3.8) is 0 Å². The minimum absolute atomic E-state index is 0.0271. The SMILES string of the molecule is CN(C(=O)C1CSCCN1)C1CCS(=O)(=O)C1. The molecular weight excluding hydrogens is 260 g/mol. The first-order chi connectivity index (χ1) is 7.99. The minimum Gasteiger partial charge on any atom is -0.340 e. The molecule has 2 unspecified atom stereocenters. The van der Waals surface area contributed by atoms with Crippen LogP contribution in [0.2, 0.25) is 0 Å². The van der Waals surface area contributed by atoms with Crippen molar-refractivity contribution in [2.45, 2.75) is 18.5 Å². The Bertz CT molecular complexity index is 390. The molecule has 0 aromatic heterocycles. The van der Waals surface area contributed by atoms with E-state index < -0.39 is 9.84 Å². The van der Waals surface area contributed by atoms with Crippen LogP contribution in [0.3, 0.4) is 0 Å². The van der Waals surface area contributed by atoms with Gasteiger partial charge in [0.15, 0.2) is 9.84 Å². The summed E-state index contributed by atoms with van der Waals surface area (Å²) in [4.78, 5) is 13.8. The number of hydrogen-bond donors (Lipinski definition) is 1. The summed E-state index contributed by atoms with van der Waals surface area (Å²) in [5.41, 5.74) is 0. The zero-order valence-electron chi connectivity index (χ0n) is 9.89. The molecule has 1 N–H and O–H groups in total. The third-order valence-corrected chi connectivity index (χ3v) is 6.14. The maximum Gasteiger partial charge on any atom is 0.240 e. The molecular formula is C10H18N2O3S2. The minimum atomic E-state index is -2.92. The van der Waals surface area contributed by atoms with E-state index in [-0.39, 0.29) is 29.5 Å². The number of sulfone groups is 1. The topological polar surface area (TPSA) is 66.5 Å². The van der Waals surface area contributed by atoms with Crippen molar-refractivity contribution >= 4 is 27.5 Å². The zero-order valence-corrected chi connectivity index (χ0v) is 11.5. The summed E-state index contributed by atoms with van der Waals surface area (Å²) in [6.45, 7) is 0.845. The Morgan fingerprint density at radius 2 is 2.24 bits per heavy atom. The fourth-order valence-corrected chi connectivity index (χ4v) is 4.93. The number of carbonyl (C=O) groups excluding carboxylic acids is 1. The van der Waals surface area contributed by atoms with E-state index in [2.05, 4.69) is 5.32 Å². The molecule has 0 spiro atoms. The highest BCUT2D eigenvalue weighted by Gasteiger charge is 2.35. The molecule has 0 bridgehead atoms. The number of nitrogens with zero attached hydrogens (tertiary/aromatic N) is 1. The van der Waals surface area contributed by atoms with Crippen molar-refractivity contribution in [1.82, 2.24) is 10.2 Å². The molecule has 0 saturated carbocycles. The maximum atomic E-state index is 12.2. The first-order valence-corrected chi connectivity index (χ1v) is 8.75. The Hall–Kier alpha value is -0.270. The lowest BCUT2D eigenvalue weighted by Crippen LogP contribution is -2.52. The number of carbonyl (C=O) groups is 1. The van der Waals surface area contributed by atoms with Crippen LogP contribution in [0.25, 0.3) is 0 Å². The Labute approximate surface area is 106 Å². The van der Waals surface area contributed by atoms with Gasteiger partial charge in [-0.1, -0.05) is 0 Å². The van der Waals surface area contributed by atoms with Gasteiger partial charge in [-0.05, 0) is 6.42 Å². The average Bonchev–Trinajstić information content (AvgIpc) is 2.69. The van der Waals surface area contributed by atoms with Crippen LogP contribution >= 0.6 is 11.8 Å². The van der Waals surface area contributed by atoms with Gasteiger partial charge in [0.05, 0.1) is 17.5 Å². The van der Waals surface area contributed by atoms with Gasteiger partial charge in [-0.25, -0.2) is 8.42 Å². The highest BCUT2D eigenvalue weighted by atomic mass is 32.2. The van der Waals surface area contributed by atoms with Crippen molar-refractivity contribution in [2.24, 2.45) is 0 Å². The predicted octanol–water partition coefficient (Wildman–Crippen LogP) is -0.663. The largest absolute Gasteiger partial charge is 0.340 e. The number of rotatable bonds is 2. The second-order valence-electron chi connectivity index (χ2n) is 4.59. The van der Waals surface area contributed by atoms with Crippen LogP contribution in [0, 0.1) is 0 Å². The molecule has 0 aromatic rings. The summed E-state index contributed by atoms with van der Waals surface area (Å²) >= 11 is 1.76. The lowest BCUT2D eigenvalue weighted by molar-refractivity contribution is -0.133. The van der Waals surface area contributed by atoms with E-state index >= 15 is 0 Å². The number of amides is 1. The van der Waals surface area contributed by atoms with Gasteiger partial charge >= 0.3 is 0 Å². The van der Waals surface area contributed by atoms with Crippen molar-refractivity contribution in [3.8, 4) is 0 Å². The quantitative estimate of drug-likeness (QED) is 0.726. The normalized spacial score (nSPS) is 32.3. The monoisotopic (exact) mass is 278 g/mol. The fourth-order valence-electron chi connectivity index (χ4n) is 2.23. The zero-order chi connectivity index (χ0) is 12.5. The van der Waals surface area contributed by atoms with Crippen molar-refractivity contribution in [2.75, 3.05) is 36.6 Å². The Morgan fingerprint density at radius 3 is 2.76 bits per heavy atom. The molecule has 1 amide bonds. The van der Waals surface area contributed by atoms with Gasteiger partial charge in [-0.3, -0.25) is 4.79 Å². The second kappa shape index (κ2) is 5.16. The Kier molecular flexibility index (Phi) is 3.99. The summed E-state index contributed by atoms with van der Waals surface area (Å²) in [6, 6.07) is -0.289. The third-order valence-electron chi connectivity index (χ3n) is 3.32. The molecule has 2 aliphatic heterocycles. The van der Waals surface area contributed by atoms with Gasteiger partial charge < -0.3 is 10.2 Å². The van der Waals surface area contributed by atoms with E-state index in [9.17, 15) is 13.2 Å². The molecule has 2 aliphatic rings. The molecule has 2 fully saturated rings. The van der Waals surface area contributed by atoms with Crippen LogP contribution in [-0.4, -0.2) is 67.9 Å². The van der Waals surface area contributed by atoms with Gasteiger partial charge in [0.25, 0.3) is 0 Å². The summed E-state index contributed by atoms with van der Waals surface area (Å²) in [5, 5.41) is 3.18. The predicted molar refractivity (Wildman–Crippen MR) is 68.9 cm³/mol. The van der Waals surface area contributed by atoms with Gasteiger partial charge in [0, 0.05) is 31.1 Å². The molecule has 2 atom stereocenters. The number of thioether (sulfide) groups is 1. The standard InChI is InChI=1S/C10H18N2O3S2/c1-12(8-2-5-17(14,15)7-8)10(13)9-6-16-4-3-11-9/h8-9,11H,2-7H2,1H3. The van der Waals surface area contributed by atoms with Gasteiger partial charge in [-0.2, -0.15) is 11.8 Å². The van der Waals surface area contributed by atoms with Crippen LogP contribution in [0.5, 0.6) is 0 Å². The van der Waals surface area contributed by atoms with E-state index in [1.54, 1.807) is 23.7 Å². The molecule has 0 aliphatic carbocycles. The number of likely N-dealkylation sites (N-methyl/N-ethyl adjacent to an activating group) is 1. The Balaban J connectivity index is 1.95. The van der Waals surface area contributed by atoms with Crippen molar-refractivity contribution in [3.05, 3.63) is 0 Å². The highest BCUT2D eigenvalue weighted by molar-refractivity contribution is 7.99. The highest BCUT2D eigenvalue weighted by Crippen LogP contribution is 2.18. The first kappa shape index (κ1) is 13.2. The van der Waals surface area contributed by atoms with E-state index in [4.69, 9.17) is 0 Å². The lowest BCUT2D eigenvalue weighted by Gasteiger charge is -2.30. The first-order valence-electron chi connectivity index (χ1n) is 5.78. The van der Waals surface area contributed by atoms with E-state index in [1.807, 2.05) is 0 Å². The summed E-state index contributed by atoms with van der Waals surface area (Å²) in [7, 11) is -1.21. The maximum absolute atomic E-state index is 12.2. The van der Waals surface area contributed by atoms with Crippen LogP contribution in [-0.2, 0) is 14.6 Å². The van der Waals surface area contributed by atoms with Crippen molar-refractivity contribution in [1.29, 1.82) is 0 Å². The second-order valence-corrected chi connectivity index (χ2v) is 7.97. The fraction of sp³-hybridized carbons (Fsp3) is 0.900. The molecule has 2 saturated heterocycles. The van der Waals surface area contributed by atoms with E-state index in [1.165, 1.54) is 0 Å². The summed E-state index contributed by atoms with van der Waals surface area (Å²) < 4.78 is 22.8. The molecule has 7 heteroatoms. The van der Waals surface area contributed by atoms with Crippen LogP contribution < -0.4 is 5.32 Å².